The largest absolute Gasteiger partial charge is 0.393 e. The molecule has 0 saturated heterocycles. The molecule has 4 aliphatic carbocycles. The third kappa shape index (κ3) is 1.78. The van der Waals surface area contributed by atoms with Crippen LogP contribution in [0.15, 0.2) is 11.6 Å². The van der Waals surface area contributed by atoms with Gasteiger partial charge in [-0.15, -0.1) is 0 Å². The van der Waals surface area contributed by atoms with Crippen LogP contribution in [0.2, 0.25) is 0 Å². The third-order valence-corrected chi connectivity index (χ3v) is 7.85. The molecule has 2 N–H and O–H groups in total. The van der Waals surface area contributed by atoms with Crippen molar-refractivity contribution in [1.29, 1.82) is 0 Å². The number of aliphatic hydroxyl groups excluding tert-OH is 2. The molecule has 22 heavy (non-hydrogen) atoms. The Balaban J connectivity index is 1.71. The number of aldehydes is 1. The summed E-state index contributed by atoms with van der Waals surface area (Å²) in [6.07, 6.45) is 10.5. The molecule has 1 unspecified atom stereocenters. The highest BCUT2D eigenvalue weighted by atomic mass is 16.3. The van der Waals surface area contributed by atoms with E-state index >= 15 is 0 Å². The topological polar surface area (TPSA) is 57.5 Å². The van der Waals surface area contributed by atoms with Gasteiger partial charge in [0, 0.05) is 0 Å². The fourth-order valence-corrected chi connectivity index (χ4v) is 6.60. The van der Waals surface area contributed by atoms with Gasteiger partial charge in [-0.3, -0.25) is 0 Å². The number of allylic oxidation sites excluding steroid dienone is 1. The molecule has 3 nitrogen and oxygen atoms in total. The Morgan fingerprint density at radius 3 is 2.68 bits per heavy atom. The second-order valence-corrected chi connectivity index (χ2v) is 8.51. The molecule has 0 radical (unpaired) electrons. The summed E-state index contributed by atoms with van der Waals surface area (Å²) in [6, 6.07) is 0. The van der Waals surface area contributed by atoms with E-state index in [1.807, 2.05) is 6.08 Å². The summed E-state index contributed by atoms with van der Waals surface area (Å²) in [5.74, 6) is 1.58. The Bertz CT molecular complexity index is 513. The van der Waals surface area contributed by atoms with Gasteiger partial charge in [0.15, 0.2) is 0 Å². The van der Waals surface area contributed by atoms with Crippen molar-refractivity contribution in [2.75, 3.05) is 0 Å². The smallest absolute Gasteiger partial charge is 0.130 e. The molecular weight excluding hydrogens is 276 g/mol. The van der Waals surface area contributed by atoms with E-state index in [4.69, 9.17) is 0 Å². The zero-order valence-corrected chi connectivity index (χ0v) is 13.5. The second-order valence-electron chi connectivity index (χ2n) is 8.51. The quantitative estimate of drug-likeness (QED) is 0.578. The Labute approximate surface area is 132 Å². The minimum Gasteiger partial charge on any atom is -0.393 e. The molecule has 0 heterocycles. The van der Waals surface area contributed by atoms with Crippen LogP contribution in [-0.4, -0.2) is 28.7 Å². The highest BCUT2D eigenvalue weighted by Gasteiger charge is 2.60. The molecule has 0 aromatic heterocycles. The van der Waals surface area contributed by atoms with Crippen molar-refractivity contribution in [2.24, 2.45) is 28.6 Å². The average molecular weight is 304 g/mol. The van der Waals surface area contributed by atoms with Gasteiger partial charge in [-0.25, -0.2) is 0 Å². The van der Waals surface area contributed by atoms with Crippen LogP contribution in [0.4, 0.5) is 0 Å². The minimum absolute atomic E-state index is 0.0701. The maximum absolute atomic E-state index is 12.1. The predicted octanol–water partition coefficient (Wildman–Crippen LogP) is 2.85. The van der Waals surface area contributed by atoms with E-state index < -0.39 is 0 Å². The minimum atomic E-state index is -0.359. The molecule has 0 spiro atoms. The molecule has 0 aromatic rings. The van der Waals surface area contributed by atoms with E-state index in [0.717, 1.165) is 51.4 Å². The lowest BCUT2D eigenvalue weighted by Gasteiger charge is -2.57. The number of carbonyl (C=O) groups excluding carboxylic acids is 1. The van der Waals surface area contributed by atoms with Crippen molar-refractivity contribution < 1.29 is 15.0 Å². The van der Waals surface area contributed by atoms with Crippen molar-refractivity contribution in [3.05, 3.63) is 11.6 Å². The summed E-state index contributed by atoms with van der Waals surface area (Å²) >= 11 is 0. The van der Waals surface area contributed by atoms with Gasteiger partial charge in [-0.05, 0) is 74.5 Å². The number of carbonyl (C=O) groups is 1. The van der Waals surface area contributed by atoms with Crippen LogP contribution in [0.3, 0.4) is 0 Å². The van der Waals surface area contributed by atoms with Gasteiger partial charge in [0.1, 0.15) is 6.29 Å². The Morgan fingerprint density at radius 1 is 1.09 bits per heavy atom. The summed E-state index contributed by atoms with van der Waals surface area (Å²) in [7, 11) is 0. The zero-order chi connectivity index (χ0) is 15.5. The summed E-state index contributed by atoms with van der Waals surface area (Å²) in [5, 5.41) is 20.4. The number of fused-ring (bicyclic) bond motifs is 5. The van der Waals surface area contributed by atoms with Gasteiger partial charge in [-0.1, -0.05) is 18.6 Å². The lowest BCUT2D eigenvalue weighted by Crippen LogP contribution is -2.53. The average Bonchev–Trinajstić information content (AvgIpc) is 2.82. The molecule has 0 aromatic carbocycles. The fourth-order valence-electron chi connectivity index (χ4n) is 6.60. The van der Waals surface area contributed by atoms with Crippen LogP contribution in [0.5, 0.6) is 0 Å². The van der Waals surface area contributed by atoms with E-state index in [1.54, 1.807) is 0 Å². The van der Waals surface area contributed by atoms with E-state index in [-0.39, 0.29) is 23.0 Å². The summed E-state index contributed by atoms with van der Waals surface area (Å²) in [6.45, 7) is 2.27. The molecule has 3 heteroatoms. The number of hydrogen-bond donors (Lipinski definition) is 2. The van der Waals surface area contributed by atoms with Gasteiger partial charge < -0.3 is 15.0 Å². The van der Waals surface area contributed by atoms with Gasteiger partial charge in [0.25, 0.3) is 0 Å². The van der Waals surface area contributed by atoms with Crippen LogP contribution in [0.25, 0.3) is 0 Å². The van der Waals surface area contributed by atoms with Crippen molar-refractivity contribution >= 4 is 6.29 Å². The Kier molecular flexibility index (Phi) is 3.32. The first-order chi connectivity index (χ1) is 10.5. The van der Waals surface area contributed by atoms with Crippen molar-refractivity contribution in [3.8, 4) is 0 Å². The van der Waals surface area contributed by atoms with Crippen LogP contribution in [-0.2, 0) is 4.79 Å². The normalized spacial score (nSPS) is 54.0. The summed E-state index contributed by atoms with van der Waals surface area (Å²) in [4.78, 5) is 12.1. The van der Waals surface area contributed by atoms with E-state index in [0.29, 0.717) is 17.8 Å². The van der Waals surface area contributed by atoms with E-state index in [2.05, 4.69) is 6.92 Å². The molecule has 0 bridgehead atoms. The van der Waals surface area contributed by atoms with Crippen LogP contribution in [0.1, 0.15) is 58.3 Å². The first kappa shape index (κ1) is 14.9. The summed E-state index contributed by atoms with van der Waals surface area (Å²) < 4.78 is 0. The predicted molar refractivity (Wildman–Crippen MR) is 84.1 cm³/mol. The van der Waals surface area contributed by atoms with E-state index in [9.17, 15) is 15.0 Å². The monoisotopic (exact) mass is 304 g/mol. The molecular formula is C19H28O3. The lowest BCUT2D eigenvalue weighted by molar-refractivity contribution is -0.128. The molecule has 4 rings (SSSR count). The number of aliphatic hydroxyl groups is 2. The van der Waals surface area contributed by atoms with Crippen LogP contribution in [0, 0.1) is 28.6 Å². The molecule has 7 atom stereocenters. The van der Waals surface area contributed by atoms with Gasteiger partial charge in [0.05, 0.1) is 17.6 Å². The Morgan fingerprint density at radius 2 is 1.91 bits per heavy atom. The van der Waals surface area contributed by atoms with Crippen molar-refractivity contribution in [3.63, 3.8) is 0 Å². The lowest BCUT2D eigenvalue weighted by atomic mass is 9.47. The first-order valence-corrected chi connectivity index (χ1v) is 9.05. The van der Waals surface area contributed by atoms with Crippen molar-refractivity contribution in [1.82, 2.24) is 0 Å². The fraction of sp³-hybridized carbons (Fsp3) is 0.842. The van der Waals surface area contributed by atoms with Crippen molar-refractivity contribution in [2.45, 2.75) is 70.5 Å². The first-order valence-electron chi connectivity index (χ1n) is 9.05. The van der Waals surface area contributed by atoms with Gasteiger partial charge in [-0.2, -0.15) is 0 Å². The van der Waals surface area contributed by atoms with E-state index in [1.165, 1.54) is 11.9 Å². The molecule has 122 valence electrons. The van der Waals surface area contributed by atoms with Gasteiger partial charge >= 0.3 is 0 Å². The molecule has 0 aliphatic heterocycles. The summed E-state index contributed by atoms with van der Waals surface area (Å²) in [5.41, 5.74) is 0.974. The highest BCUT2D eigenvalue weighted by Crippen LogP contribution is 2.64. The molecule has 4 aliphatic rings. The maximum Gasteiger partial charge on any atom is 0.130 e. The second kappa shape index (κ2) is 4.91. The third-order valence-electron chi connectivity index (χ3n) is 7.85. The van der Waals surface area contributed by atoms with Crippen LogP contribution >= 0.6 is 0 Å². The SMILES string of the molecule is C[C@]12CC[C@H]3[C@@H](CCC4=CC(O)CC[C@@]43C=O)[C@@H]1CC[C@@H]2O. The standard InChI is InChI=1S/C19H28O3/c1-18-8-7-16-14(15(18)4-5-17(18)22)3-2-12-10-13(21)6-9-19(12,16)11-20/h10-11,13-17,21-22H,2-9H2,1H3/t13?,14-,15-,16-,17-,18-,19+/m0/s1. The Hall–Kier alpha value is -0.670. The molecule has 3 fully saturated rings. The molecule has 3 saturated carbocycles. The van der Waals surface area contributed by atoms with Gasteiger partial charge in [0.2, 0.25) is 0 Å². The molecule has 0 amide bonds. The maximum atomic E-state index is 12.1. The number of rotatable bonds is 1. The zero-order valence-electron chi connectivity index (χ0n) is 13.5. The van der Waals surface area contributed by atoms with Crippen LogP contribution < -0.4 is 0 Å². The highest BCUT2D eigenvalue weighted by molar-refractivity contribution is 5.67. The number of hydrogen-bond acceptors (Lipinski definition) is 3.